The molecule has 2 heterocycles. The van der Waals surface area contributed by atoms with Crippen LogP contribution in [0.2, 0.25) is 0 Å². The summed E-state index contributed by atoms with van der Waals surface area (Å²) in [6, 6.07) is 3.94. The highest BCUT2D eigenvalue weighted by molar-refractivity contribution is 7.89. The number of hydrogen-bond donors (Lipinski definition) is 1. The van der Waals surface area contributed by atoms with Crippen LogP contribution in [0.25, 0.3) is 0 Å². The molecule has 1 spiro atoms. The molecule has 1 N–H and O–H groups in total. The van der Waals surface area contributed by atoms with Crippen molar-refractivity contribution in [1.29, 1.82) is 0 Å². The average molecular weight is 369 g/mol. The van der Waals surface area contributed by atoms with Crippen molar-refractivity contribution in [1.82, 2.24) is 14.5 Å². The zero-order valence-electron chi connectivity index (χ0n) is 14.0. The number of nitrogens with one attached hydrogen (secondary N) is 1. The van der Waals surface area contributed by atoms with E-state index in [1.54, 1.807) is 13.8 Å². The van der Waals surface area contributed by atoms with Crippen LogP contribution in [-0.2, 0) is 14.8 Å². The molecule has 25 heavy (non-hydrogen) atoms. The molecule has 2 aliphatic rings. The summed E-state index contributed by atoms with van der Waals surface area (Å²) >= 11 is 0. The fraction of sp³-hybridized carbons (Fsp3) is 0.500. The second-order valence-electron chi connectivity index (χ2n) is 6.64. The van der Waals surface area contributed by atoms with E-state index in [-0.39, 0.29) is 42.8 Å². The van der Waals surface area contributed by atoms with Gasteiger partial charge in [0.05, 0.1) is 4.90 Å². The Morgan fingerprint density at radius 3 is 2.16 bits per heavy atom. The van der Waals surface area contributed by atoms with Crippen LogP contribution in [0.5, 0.6) is 0 Å². The quantitative estimate of drug-likeness (QED) is 0.814. The van der Waals surface area contributed by atoms with E-state index in [9.17, 15) is 22.4 Å². The number of carbonyl (C=O) groups excluding carboxylic acids is 2. The number of rotatable bonds is 3. The molecule has 9 heteroatoms. The minimum Gasteiger partial charge on any atom is -0.323 e. The maximum absolute atomic E-state index is 13.0. The van der Waals surface area contributed by atoms with Crippen molar-refractivity contribution in [2.24, 2.45) is 0 Å². The molecule has 0 radical (unpaired) electrons. The fourth-order valence-corrected chi connectivity index (χ4v) is 4.75. The Balaban J connectivity index is 1.77. The van der Waals surface area contributed by atoms with E-state index in [0.29, 0.717) is 0 Å². The van der Waals surface area contributed by atoms with Gasteiger partial charge in [0.15, 0.2) is 0 Å². The fourth-order valence-electron chi connectivity index (χ4n) is 3.31. The van der Waals surface area contributed by atoms with Gasteiger partial charge in [-0.25, -0.2) is 17.6 Å². The van der Waals surface area contributed by atoms with Gasteiger partial charge in [0.1, 0.15) is 11.4 Å². The highest BCUT2D eigenvalue weighted by Gasteiger charge is 2.53. The second-order valence-corrected chi connectivity index (χ2v) is 8.58. The summed E-state index contributed by atoms with van der Waals surface area (Å²) in [5, 5.41) is 2.74. The number of urea groups is 1. The van der Waals surface area contributed by atoms with E-state index >= 15 is 0 Å². The molecule has 3 amide bonds. The molecule has 2 aliphatic heterocycles. The topological polar surface area (TPSA) is 86.8 Å². The lowest BCUT2D eigenvalue weighted by Gasteiger charge is -2.36. The Bertz CT molecular complexity index is 799. The van der Waals surface area contributed by atoms with Crippen molar-refractivity contribution >= 4 is 22.0 Å². The van der Waals surface area contributed by atoms with Crippen LogP contribution in [0.1, 0.15) is 26.7 Å². The summed E-state index contributed by atoms with van der Waals surface area (Å²) in [6.07, 6.45) is 0.419. The van der Waals surface area contributed by atoms with Crippen LogP contribution in [0, 0.1) is 5.82 Å². The molecule has 0 unspecified atom stereocenters. The monoisotopic (exact) mass is 369 g/mol. The lowest BCUT2D eigenvalue weighted by Crippen LogP contribution is -2.56. The van der Waals surface area contributed by atoms with E-state index < -0.39 is 27.4 Å². The number of carbonyl (C=O) groups is 2. The van der Waals surface area contributed by atoms with Crippen molar-refractivity contribution in [3.8, 4) is 0 Å². The largest absolute Gasteiger partial charge is 0.325 e. The minimum atomic E-state index is -3.76. The predicted molar refractivity (Wildman–Crippen MR) is 87.6 cm³/mol. The minimum absolute atomic E-state index is 0.00967. The summed E-state index contributed by atoms with van der Waals surface area (Å²) in [4.78, 5) is 25.9. The smallest absolute Gasteiger partial charge is 0.323 e. The Kier molecular flexibility index (Phi) is 4.32. The van der Waals surface area contributed by atoms with Crippen molar-refractivity contribution in [2.75, 3.05) is 13.1 Å². The third-order valence-electron chi connectivity index (χ3n) is 4.74. The van der Waals surface area contributed by atoms with E-state index in [4.69, 9.17) is 0 Å². The van der Waals surface area contributed by atoms with Crippen LogP contribution in [0.3, 0.4) is 0 Å². The number of sulfonamides is 1. The van der Waals surface area contributed by atoms with Gasteiger partial charge in [-0.15, -0.1) is 0 Å². The number of benzene rings is 1. The van der Waals surface area contributed by atoms with Gasteiger partial charge in [0.2, 0.25) is 10.0 Å². The van der Waals surface area contributed by atoms with Gasteiger partial charge in [-0.05, 0) is 51.0 Å². The summed E-state index contributed by atoms with van der Waals surface area (Å²) in [7, 11) is -3.76. The number of amides is 3. The first-order chi connectivity index (χ1) is 11.7. The Morgan fingerprint density at radius 1 is 1.12 bits per heavy atom. The zero-order valence-corrected chi connectivity index (χ0v) is 14.8. The maximum atomic E-state index is 13.0. The summed E-state index contributed by atoms with van der Waals surface area (Å²) in [6.45, 7) is 3.73. The lowest BCUT2D eigenvalue weighted by atomic mass is 9.88. The molecule has 2 saturated heterocycles. The van der Waals surface area contributed by atoms with Crippen LogP contribution < -0.4 is 5.32 Å². The SMILES string of the molecule is CC(C)N1C(=O)NC2(CCN(S(=O)(=O)c3ccc(F)cc3)CC2)C1=O. The molecular formula is C16H20FN3O4S. The average Bonchev–Trinajstić information content (AvgIpc) is 2.78. The van der Waals surface area contributed by atoms with Gasteiger partial charge in [-0.3, -0.25) is 9.69 Å². The molecule has 2 fully saturated rings. The zero-order chi connectivity index (χ0) is 18.4. The second kappa shape index (κ2) is 6.06. The summed E-state index contributed by atoms with van der Waals surface area (Å²) in [5.74, 6) is -0.809. The Morgan fingerprint density at radius 2 is 1.68 bits per heavy atom. The Hall–Kier alpha value is -2.00. The van der Waals surface area contributed by atoms with Gasteiger partial charge >= 0.3 is 6.03 Å². The van der Waals surface area contributed by atoms with Gasteiger partial charge in [0, 0.05) is 19.1 Å². The molecule has 0 bridgehead atoms. The highest BCUT2D eigenvalue weighted by Crippen LogP contribution is 2.32. The van der Waals surface area contributed by atoms with Crippen LogP contribution >= 0.6 is 0 Å². The predicted octanol–water partition coefficient (Wildman–Crippen LogP) is 1.31. The number of imide groups is 1. The number of hydrogen-bond acceptors (Lipinski definition) is 4. The Labute approximate surface area is 145 Å². The molecule has 1 aromatic carbocycles. The molecule has 136 valence electrons. The first kappa shape index (κ1) is 17.8. The molecule has 1 aromatic rings. The van der Waals surface area contributed by atoms with E-state index in [0.717, 1.165) is 12.1 Å². The molecule has 0 aliphatic carbocycles. The molecule has 0 saturated carbocycles. The van der Waals surface area contributed by atoms with Crippen molar-refractivity contribution in [3.05, 3.63) is 30.1 Å². The third kappa shape index (κ3) is 2.91. The molecule has 7 nitrogen and oxygen atoms in total. The lowest BCUT2D eigenvalue weighted by molar-refractivity contribution is -0.133. The van der Waals surface area contributed by atoms with Crippen molar-refractivity contribution in [2.45, 2.75) is 43.2 Å². The standard InChI is InChI=1S/C16H20FN3O4S/c1-11(2)20-14(21)16(18-15(20)22)7-9-19(10-8-16)25(23,24)13-5-3-12(17)4-6-13/h3-6,11H,7-10H2,1-2H3,(H,18,22). The van der Waals surface area contributed by atoms with Crippen LogP contribution in [0.15, 0.2) is 29.2 Å². The highest BCUT2D eigenvalue weighted by atomic mass is 32.2. The van der Waals surface area contributed by atoms with Gasteiger partial charge in [-0.1, -0.05) is 0 Å². The first-order valence-electron chi connectivity index (χ1n) is 8.09. The van der Waals surface area contributed by atoms with Crippen molar-refractivity contribution in [3.63, 3.8) is 0 Å². The molecular weight excluding hydrogens is 349 g/mol. The molecule has 0 atom stereocenters. The van der Waals surface area contributed by atoms with E-state index in [1.807, 2.05) is 0 Å². The summed E-state index contributed by atoms with van der Waals surface area (Å²) < 4.78 is 39.6. The van der Waals surface area contributed by atoms with Gasteiger partial charge in [0.25, 0.3) is 5.91 Å². The van der Waals surface area contributed by atoms with Gasteiger partial charge < -0.3 is 5.32 Å². The van der Waals surface area contributed by atoms with Crippen LogP contribution in [-0.4, -0.2) is 54.2 Å². The van der Waals surface area contributed by atoms with E-state index in [1.165, 1.54) is 21.3 Å². The normalized spacial score (nSPS) is 21.2. The molecule has 0 aromatic heterocycles. The first-order valence-corrected chi connectivity index (χ1v) is 9.53. The van der Waals surface area contributed by atoms with Crippen molar-refractivity contribution < 1.29 is 22.4 Å². The van der Waals surface area contributed by atoms with E-state index in [2.05, 4.69) is 5.32 Å². The maximum Gasteiger partial charge on any atom is 0.325 e. The summed E-state index contributed by atoms with van der Waals surface area (Å²) in [5.41, 5.74) is -1.03. The number of nitrogens with zero attached hydrogens (tertiary/aromatic N) is 2. The molecule has 3 rings (SSSR count). The van der Waals surface area contributed by atoms with Gasteiger partial charge in [-0.2, -0.15) is 4.31 Å². The number of piperidine rings is 1. The van der Waals surface area contributed by atoms with Crippen LogP contribution in [0.4, 0.5) is 9.18 Å². The third-order valence-corrected chi connectivity index (χ3v) is 6.65. The number of halogens is 1.